The van der Waals surface area contributed by atoms with Crippen molar-refractivity contribution in [1.29, 1.82) is 0 Å². The maximum absolute atomic E-state index is 6.17. The second-order valence-electron chi connectivity index (χ2n) is 4.44. The highest BCUT2D eigenvalue weighted by Crippen LogP contribution is 2.24. The molecule has 2 rings (SSSR count). The summed E-state index contributed by atoms with van der Waals surface area (Å²) in [4.78, 5) is 4.42. The van der Waals surface area contributed by atoms with Crippen LogP contribution in [0.5, 0.6) is 0 Å². The van der Waals surface area contributed by atoms with Crippen LogP contribution in [0.1, 0.15) is 24.8 Å². The van der Waals surface area contributed by atoms with Gasteiger partial charge in [-0.1, -0.05) is 17.7 Å². The zero-order valence-electron chi connectivity index (χ0n) is 10.8. The molecule has 0 radical (unpaired) electrons. The molecule has 2 nitrogen and oxygen atoms in total. The van der Waals surface area contributed by atoms with Gasteiger partial charge in [0.25, 0.3) is 0 Å². The third-order valence-electron chi connectivity index (χ3n) is 3.04. The van der Waals surface area contributed by atoms with Gasteiger partial charge in [-0.15, -0.1) is 12.3 Å². The lowest BCUT2D eigenvalue weighted by atomic mass is 10.1. The number of nitrogens with zero attached hydrogens (tertiary/aromatic N) is 1. The number of fused-ring (bicyclic) bond motifs is 1. The standard InChI is InChI=1S/C16H17ClN2/c1-2-3-4-5-10-18-12-13-8-9-15(17)14-7-6-11-19-16(13)14/h1,6-9,11,18H,3-5,10,12H2. The van der Waals surface area contributed by atoms with Crippen LogP contribution in [0.15, 0.2) is 30.5 Å². The smallest absolute Gasteiger partial charge is 0.0761 e. The van der Waals surface area contributed by atoms with Crippen LogP contribution in [-0.4, -0.2) is 11.5 Å². The summed E-state index contributed by atoms with van der Waals surface area (Å²) >= 11 is 6.17. The topological polar surface area (TPSA) is 24.9 Å². The molecule has 0 amide bonds. The van der Waals surface area contributed by atoms with Crippen molar-refractivity contribution in [1.82, 2.24) is 10.3 Å². The van der Waals surface area contributed by atoms with E-state index in [4.69, 9.17) is 18.0 Å². The summed E-state index contributed by atoms with van der Waals surface area (Å²) in [5.41, 5.74) is 2.16. The molecule has 0 unspecified atom stereocenters. The van der Waals surface area contributed by atoms with E-state index in [1.165, 1.54) is 5.56 Å². The first kappa shape index (κ1) is 13.9. The van der Waals surface area contributed by atoms with Crippen molar-refractivity contribution in [3.63, 3.8) is 0 Å². The molecule has 0 aliphatic rings. The Labute approximate surface area is 119 Å². The second-order valence-corrected chi connectivity index (χ2v) is 4.85. The largest absolute Gasteiger partial charge is 0.313 e. The van der Waals surface area contributed by atoms with Gasteiger partial charge in [-0.05, 0) is 43.1 Å². The molecule has 0 saturated carbocycles. The van der Waals surface area contributed by atoms with E-state index < -0.39 is 0 Å². The van der Waals surface area contributed by atoms with Crippen molar-refractivity contribution in [3.8, 4) is 12.3 Å². The number of terminal acetylenes is 1. The summed E-state index contributed by atoms with van der Waals surface area (Å²) in [6, 6.07) is 7.87. The van der Waals surface area contributed by atoms with Gasteiger partial charge < -0.3 is 5.32 Å². The summed E-state index contributed by atoms with van der Waals surface area (Å²) in [5, 5.41) is 5.18. The fraction of sp³-hybridized carbons (Fsp3) is 0.312. The zero-order chi connectivity index (χ0) is 13.5. The van der Waals surface area contributed by atoms with Crippen molar-refractivity contribution in [2.24, 2.45) is 0 Å². The van der Waals surface area contributed by atoms with Crippen LogP contribution in [0, 0.1) is 12.3 Å². The van der Waals surface area contributed by atoms with Crippen LogP contribution < -0.4 is 5.32 Å². The third-order valence-corrected chi connectivity index (χ3v) is 3.37. The molecule has 2 aromatic rings. The Morgan fingerprint density at radius 2 is 2.16 bits per heavy atom. The molecule has 0 spiro atoms. The zero-order valence-corrected chi connectivity index (χ0v) is 11.6. The predicted molar refractivity (Wildman–Crippen MR) is 81.1 cm³/mol. The summed E-state index contributed by atoms with van der Waals surface area (Å²) in [6.45, 7) is 1.78. The Kier molecular flexibility index (Phi) is 5.20. The maximum Gasteiger partial charge on any atom is 0.0761 e. The Balaban J connectivity index is 1.98. The van der Waals surface area contributed by atoms with Gasteiger partial charge in [0, 0.05) is 29.6 Å². The van der Waals surface area contributed by atoms with Gasteiger partial charge in [0.1, 0.15) is 0 Å². The van der Waals surface area contributed by atoms with Gasteiger partial charge in [-0.3, -0.25) is 4.98 Å². The molecule has 0 saturated heterocycles. The van der Waals surface area contributed by atoms with Gasteiger partial charge in [0.05, 0.1) is 5.52 Å². The fourth-order valence-electron chi connectivity index (χ4n) is 2.04. The first-order valence-corrected chi connectivity index (χ1v) is 6.87. The quantitative estimate of drug-likeness (QED) is 0.639. The average molecular weight is 273 g/mol. The molecular weight excluding hydrogens is 256 g/mol. The second kappa shape index (κ2) is 7.13. The van der Waals surface area contributed by atoms with Gasteiger partial charge in [-0.2, -0.15) is 0 Å². The lowest BCUT2D eigenvalue weighted by Crippen LogP contribution is -2.15. The summed E-state index contributed by atoms with van der Waals surface area (Å²) in [6.07, 6.45) is 10.0. The van der Waals surface area contributed by atoms with Crippen LogP contribution in [0.3, 0.4) is 0 Å². The minimum absolute atomic E-state index is 0.751. The molecular formula is C16H17ClN2. The summed E-state index contributed by atoms with van der Waals surface area (Å²) in [7, 11) is 0. The number of hydrogen-bond donors (Lipinski definition) is 1. The van der Waals surface area contributed by atoms with E-state index in [1.807, 2.05) is 24.3 Å². The number of hydrogen-bond acceptors (Lipinski definition) is 2. The van der Waals surface area contributed by atoms with Crippen LogP contribution in [-0.2, 0) is 6.54 Å². The van der Waals surface area contributed by atoms with Gasteiger partial charge in [-0.25, -0.2) is 0 Å². The lowest BCUT2D eigenvalue weighted by molar-refractivity contribution is 0.631. The van der Waals surface area contributed by atoms with Crippen LogP contribution in [0.2, 0.25) is 5.02 Å². The third kappa shape index (κ3) is 3.70. The Morgan fingerprint density at radius 3 is 3.00 bits per heavy atom. The van der Waals surface area contributed by atoms with Gasteiger partial charge >= 0.3 is 0 Å². The van der Waals surface area contributed by atoms with Crippen LogP contribution >= 0.6 is 11.6 Å². The number of aromatic nitrogens is 1. The lowest BCUT2D eigenvalue weighted by Gasteiger charge is -2.08. The molecule has 98 valence electrons. The average Bonchev–Trinajstić information content (AvgIpc) is 2.45. The number of benzene rings is 1. The molecule has 0 atom stereocenters. The van der Waals surface area contributed by atoms with Crippen LogP contribution in [0.25, 0.3) is 10.9 Å². The minimum Gasteiger partial charge on any atom is -0.313 e. The van der Waals surface area contributed by atoms with E-state index in [-0.39, 0.29) is 0 Å². The maximum atomic E-state index is 6.17. The molecule has 19 heavy (non-hydrogen) atoms. The predicted octanol–water partition coefficient (Wildman–Crippen LogP) is 3.78. The Morgan fingerprint density at radius 1 is 1.26 bits per heavy atom. The molecule has 0 fully saturated rings. The molecule has 1 aromatic carbocycles. The van der Waals surface area contributed by atoms with Crippen molar-refractivity contribution >= 4 is 22.5 Å². The van der Waals surface area contributed by atoms with Crippen molar-refractivity contribution < 1.29 is 0 Å². The van der Waals surface area contributed by atoms with Gasteiger partial charge in [0.2, 0.25) is 0 Å². The first-order chi connectivity index (χ1) is 9.33. The van der Waals surface area contributed by atoms with E-state index in [9.17, 15) is 0 Å². The summed E-state index contributed by atoms with van der Waals surface area (Å²) < 4.78 is 0. The Hall–Kier alpha value is -1.56. The van der Waals surface area contributed by atoms with E-state index in [0.29, 0.717) is 0 Å². The molecule has 1 N–H and O–H groups in total. The van der Waals surface area contributed by atoms with E-state index >= 15 is 0 Å². The SMILES string of the molecule is C#CCCCCNCc1ccc(Cl)c2cccnc12. The van der Waals surface area contributed by atoms with E-state index in [1.54, 1.807) is 6.20 Å². The van der Waals surface area contributed by atoms with Gasteiger partial charge in [0.15, 0.2) is 0 Å². The van der Waals surface area contributed by atoms with E-state index in [2.05, 4.69) is 16.2 Å². The number of nitrogens with one attached hydrogen (secondary N) is 1. The Bertz CT molecular complexity index is 587. The first-order valence-electron chi connectivity index (χ1n) is 6.49. The highest BCUT2D eigenvalue weighted by atomic mass is 35.5. The van der Waals surface area contributed by atoms with Crippen LogP contribution in [0.4, 0.5) is 0 Å². The molecule has 0 aliphatic heterocycles. The molecule has 3 heteroatoms. The van der Waals surface area contributed by atoms with Crippen molar-refractivity contribution in [3.05, 3.63) is 41.0 Å². The molecule has 0 bridgehead atoms. The molecule has 0 aliphatic carbocycles. The minimum atomic E-state index is 0.751. The summed E-state index contributed by atoms with van der Waals surface area (Å²) in [5.74, 6) is 2.65. The van der Waals surface area contributed by atoms with Crippen molar-refractivity contribution in [2.45, 2.75) is 25.8 Å². The molecule has 1 heterocycles. The molecule has 1 aromatic heterocycles. The fourth-order valence-corrected chi connectivity index (χ4v) is 2.25. The number of pyridine rings is 1. The normalized spacial score (nSPS) is 10.5. The highest BCUT2D eigenvalue weighted by molar-refractivity contribution is 6.35. The van der Waals surface area contributed by atoms with E-state index in [0.717, 1.165) is 48.3 Å². The monoisotopic (exact) mass is 272 g/mol. The number of halogens is 1. The number of unbranched alkanes of at least 4 members (excludes halogenated alkanes) is 2. The van der Waals surface area contributed by atoms with Crippen molar-refractivity contribution in [2.75, 3.05) is 6.54 Å². The number of rotatable bonds is 6. The highest BCUT2D eigenvalue weighted by Gasteiger charge is 2.04.